The molecular weight excluding hydrogens is 400 g/mol. The Labute approximate surface area is 168 Å². The normalized spacial score (nSPS) is 12.4. The van der Waals surface area contributed by atoms with E-state index in [9.17, 15) is 13.2 Å². The van der Waals surface area contributed by atoms with Gasteiger partial charge in [0.1, 0.15) is 5.76 Å². The van der Waals surface area contributed by atoms with Gasteiger partial charge in [-0.25, -0.2) is 8.42 Å². The van der Waals surface area contributed by atoms with Crippen LogP contribution in [-0.4, -0.2) is 14.3 Å². The summed E-state index contributed by atoms with van der Waals surface area (Å²) in [6.45, 7) is 3.62. The van der Waals surface area contributed by atoms with Crippen molar-refractivity contribution in [2.45, 2.75) is 24.8 Å². The summed E-state index contributed by atoms with van der Waals surface area (Å²) in [6, 6.07) is 14.0. The van der Waals surface area contributed by atoms with E-state index >= 15 is 0 Å². The number of halogens is 1. The number of nitrogens with one attached hydrogen (secondary N) is 2. The molecule has 1 heterocycles. The van der Waals surface area contributed by atoms with Gasteiger partial charge in [0.2, 0.25) is 0 Å². The summed E-state index contributed by atoms with van der Waals surface area (Å²) in [6.07, 6.45) is 1.51. The molecular formula is C20H19ClN2O4S. The highest BCUT2D eigenvalue weighted by molar-refractivity contribution is 7.92. The van der Waals surface area contributed by atoms with Gasteiger partial charge in [-0.2, -0.15) is 0 Å². The number of sulfonamides is 1. The van der Waals surface area contributed by atoms with Crippen LogP contribution in [0.2, 0.25) is 5.02 Å². The molecule has 1 unspecified atom stereocenters. The highest BCUT2D eigenvalue weighted by Gasteiger charge is 2.21. The average molecular weight is 419 g/mol. The molecule has 28 heavy (non-hydrogen) atoms. The average Bonchev–Trinajstić information content (AvgIpc) is 3.16. The predicted molar refractivity (Wildman–Crippen MR) is 108 cm³/mol. The number of carbonyl (C=O) groups is 1. The van der Waals surface area contributed by atoms with Gasteiger partial charge < -0.3 is 9.73 Å². The second kappa shape index (κ2) is 8.08. The summed E-state index contributed by atoms with van der Waals surface area (Å²) in [5.41, 5.74) is 1.42. The van der Waals surface area contributed by atoms with Gasteiger partial charge in [-0.15, -0.1) is 0 Å². The third-order valence-corrected chi connectivity index (χ3v) is 5.79. The zero-order chi connectivity index (χ0) is 20.3. The Bertz CT molecular complexity index is 1100. The van der Waals surface area contributed by atoms with Crippen LogP contribution in [0.3, 0.4) is 0 Å². The molecule has 146 valence electrons. The maximum Gasteiger partial charge on any atom is 0.261 e. The Hall–Kier alpha value is -2.77. The van der Waals surface area contributed by atoms with Crippen LogP contribution < -0.4 is 10.0 Å². The van der Waals surface area contributed by atoms with Crippen molar-refractivity contribution in [2.24, 2.45) is 0 Å². The first kappa shape index (κ1) is 20.0. The molecule has 1 atom stereocenters. The second-order valence-electron chi connectivity index (χ2n) is 6.33. The molecule has 0 aliphatic rings. The largest absolute Gasteiger partial charge is 0.467 e. The van der Waals surface area contributed by atoms with Gasteiger partial charge in [-0.05, 0) is 61.9 Å². The third kappa shape index (κ3) is 4.55. The predicted octanol–water partition coefficient (Wildman–Crippen LogP) is 4.53. The fourth-order valence-corrected chi connectivity index (χ4v) is 3.93. The second-order valence-corrected chi connectivity index (χ2v) is 8.42. The molecule has 3 aromatic rings. The Morgan fingerprint density at radius 2 is 1.89 bits per heavy atom. The number of benzene rings is 2. The SMILES string of the molecule is Cc1cccc(NS(=O)(=O)c2ccc(Cl)c(C(=O)NC(C)c3ccco3)c2)c1. The van der Waals surface area contributed by atoms with E-state index in [2.05, 4.69) is 10.0 Å². The van der Waals surface area contributed by atoms with Gasteiger partial charge in [0, 0.05) is 5.69 Å². The number of rotatable bonds is 6. The molecule has 1 aromatic heterocycles. The van der Waals surface area contributed by atoms with Crippen LogP contribution in [0.15, 0.2) is 70.2 Å². The Balaban J connectivity index is 1.85. The van der Waals surface area contributed by atoms with E-state index in [4.69, 9.17) is 16.0 Å². The van der Waals surface area contributed by atoms with Crippen molar-refractivity contribution in [3.8, 4) is 0 Å². The number of hydrogen-bond acceptors (Lipinski definition) is 4. The molecule has 6 nitrogen and oxygen atoms in total. The van der Waals surface area contributed by atoms with E-state index in [1.165, 1.54) is 24.5 Å². The van der Waals surface area contributed by atoms with Crippen molar-refractivity contribution in [2.75, 3.05) is 4.72 Å². The molecule has 0 spiro atoms. The van der Waals surface area contributed by atoms with Crippen LogP contribution in [-0.2, 0) is 10.0 Å². The zero-order valence-electron chi connectivity index (χ0n) is 15.3. The minimum atomic E-state index is -3.88. The Morgan fingerprint density at radius 3 is 2.57 bits per heavy atom. The summed E-state index contributed by atoms with van der Waals surface area (Å²) in [4.78, 5) is 12.5. The lowest BCUT2D eigenvalue weighted by atomic mass is 10.2. The highest BCUT2D eigenvalue weighted by atomic mass is 35.5. The van der Waals surface area contributed by atoms with Crippen molar-refractivity contribution in [1.82, 2.24) is 5.32 Å². The van der Waals surface area contributed by atoms with E-state index in [-0.39, 0.29) is 15.5 Å². The maximum atomic E-state index is 12.7. The molecule has 1 amide bonds. The van der Waals surface area contributed by atoms with Crippen LogP contribution in [0.1, 0.15) is 34.6 Å². The van der Waals surface area contributed by atoms with Crippen LogP contribution in [0, 0.1) is 6.92 Å². The first-order valence-electron chi connectivity index (χ1n) is 8.49. The number of amides is 1. The molecule has 2 N–H and O–H groups in total. The van der Waals surface area contributed by atoms with E-state index in [1.807, 2.05) is 13.0 Å². The van der Waals surface area contributed by atoms with Gasteiger partial charge in [-0.1, -0.05) is 23.7 Å². The fourth-order valence-electron chi connectivity index (χ4n) is 2.65. The molecule has 2 aromatic carbocycles. The lowest BCUT2D eigenvalue weighted by Crippen LogP contribution is -2.27. The minimum Gasteiger partial charge on any atom is -0.467 e. The van der Waals surface area contributed by atoms with E-state index in [1.54, 1.807) is 37.3 Å². The fraction of sp³-hybridized carbons (Fsp3) is 0.150. The smallest absolute Gasteiger partial charge is 0.261 e. The maximum absolute atomic E-state index is 12.7. The van der Waals surface area contributed by atoms with Gasteiger partial charge in [0.05, 0.1) is 27.8 Å². The van der Waals surface area contributed by atoms with Crippen molar-refractivity contribution in [1.29, 1.82) is 0 Å². The molecule has 0 fully saturated rings. The van der Waals surface area contributed by atoms with Gasteiger partial charge >= 0.3 is 0 Å². The topological polar surface area (TPSA) is 88.4 Å². The van der Waals surface area contributed by atoms with Crippen molar-refractivity contribution >= 4 is 33.2 Å². The summed E-state index contributed by atoms with van der Waals surface area (Å²) in [5.74, 6) is 0.0795. The standard InChI is InChI=1S/C20H19ClN2O4S/c1-13-5-3-6-15(11-13)23-28(25,26)16-8-9-18(21)17(12-16)20(24)22-14(2)19-7-4-10-27-19/h3-12,14,23H,1-2H3,(H,22,24). The molecule has 0 radical (unpaired) electrons. The number of furan rings is 1. The van der Waals surface area contributed by atoms with Gasteiger partial charge in [-0.3, -0.25) is 9.52 Å². The van der Waals surface area contributed by atoms with E-state index in [0.717, 1.165) is 5.56 Å². The quantitative estimate of drug-likeness (QED) is 0.615. The van der Waals surface area contributed by atoms with Crippen LogP contribution >= 0.6 is 11.6 Å². The molecule has 0 saturated heterocycles. The molecule has 0 aliphatic heterocycles. The summed E-state index contributed by atoms with van der Waals surface area (Å²) < 4.78 is 33.2. The number of aryl methyl sites for hydroxylation is 1. The monoisotopic (exact) mass is 418 g/mol. The molecule has 3 rings (SSSR count). The van der Waals surface area contributed by atoms with Crippen molar-refractivity contribution in [3.63, 3.8) is 0 Å². The van der Waals surface area contributed by atoms with E-state index < -0.39 is 22.0 Å². The number of hydrogen-bond donors (Lipinski definition) is 2. The van der Waals surface area contributed by atoms with Crippen LogP contribution in [0.25, 0.3) is 0 Å². The molecule has 0 bridgehead atoms. The van der Waals surface area contributed by atoms with E-state index in [0.29, 0.717) is 11.4 Å². The van der Waals surface area contributed by atoms with Crippen molar-refractivity contribution < 1.29 is 17.6 Å². The van der Waals surface area contributed by atoms with Crippen molar-refractivity contribution in [3.05, 3.63) is 82.8 Å². The van der Waals surface area contributed by atoms with Gasteiger partial charge in [0.15, 0.2) is 0 Å². The summed E-state index contributed by atoms with van der Waals surface area (Å²) >= 11 is 6.13. The molecule has 0 aliphatic carbocycles. The van der Waals surface area contributed by atoms with Crippen LogP contribution in [0.5, 0.6) is 0 Å². The number of anilines is 1. The minimum absolute atomic E-state index is 0.0609. The highest BCUT2D eigenvalue weighted by Crippen LogP contribution is 2.24. The lowest BCUT2D eigenvalue weighted by Gasteiger charge is -2.14. The van der Waals surface area contributed by atoms with Crippen LogP contribution in [0.4, 0.5) is 5.69 Å². The molecule has 0 saturated carbocycles. The van der Waals surface area contributed by atoms with Gasteiger partial charge in [0.25, 0.3) is 15.9 Å². The Morgan fingerprint density at radius 1 is 1.11 bits per heavy atom. The zero-order valence-corrected chi connectivity index (χ0v) is 16.8. The molecule has 8 heteroatoms. The summed E-state index contributed by atoms with van der Waals surface area (Å²) in [7, 11) is -3.88. The lowest BCUT2D eigenvalue weighted by molar-refractivity contribution is 0.0935. The number of carbonyl (C=O) groups excluding carboxylic acids is 1. The first-order valence-corrected chi connectivity index (χ1v) is 10.4. The Kier molecular flexibility index (Phi) is 5.76. The third-order valence-electron chi connectivity index (χ3n) is 4.08. The first-order chi connectivity index (χ1) is 13.3. The summed E-state index contributed by atoms with van der Waals surface area (Å²) in [5, 5.41) is 2.89.